The van der Waals surface area contributed by atoms with Crippen LogP contribution in [0.15, 0.2) is 41.7 Å². The highest BCUT2D eigenvalue weighted by Gasteiger charge is 2.48. The molecule has 3 unspecified atom stereocenters. The highest BCUT2D eigenvalue weighted by Crippen LogP contribution is 2.60. The van der Waals surface area contributed by atoms with Gasteiger partial charge >= 0.3 is 0 Å². The highest BCUT2D eigenvalue weighted by molar-refractivity contribution is 5.66. The summed E-state index contributed by atoms with van der Waals surface area (Å²) in [5.41, 5.74) is 5.77. The molecule has 0 saturated carbocycles. The number of piperidine rings is 1. The second-order valence-electron chi connectivity index (χ2n) is 9.88. The van der Waals surface area contributed by atoms with Crippen LogP contribution in [0.25, 0.3) is 0 Å². The van der Waals surface area contributed by atoms with Gasteiger partial charge in [-0.2, -0.15) is 0 Å². The van der Waals surface area contributed by atoms with E-state index in [2.05, 4.69) is 39.2 Å². The van der Waals surface area contributed by atoms with Gasteiger partial charge in [0.15, 0.2) is 0 Å². The molecule has 0 aromatic heterocycles. The number of nitrogens with zero attached hydrogens (tertiary/aromatic N) is 1. The Morgan fingerprint density at radius 1 is 1.29 bits per heavy atom. The smallest absolute Gasteiger partial charge is 0.123 e. The van der Waals surface area contributed by atoms with Gasteiger partial charge in [0.2, 0.25) is 0 Å². The minimum absolute atomic E-state index is 0.00910. The number of rotatable bonds is 7. The number of benzene rings is 1. The molecule has 1 aromatic carbocycles. The summed E-state index contributed by atoms with van der Waals surface area (Å²) < 4.78 is 19.5. The third-order valence-electron chi connectivity index (χ3n) is 6.72. The van der Waals surface area contributed by atoms with Gasteiger partial charge in [-0.3, -0.25) is 4.90 Å². The summed E-state index contributed by atoms with van der Waals surface area (Å²) in [6.45, 7) is 17.0. The lowest BCUT2D eigenvalue weighted by atomic mass is 9.94. The minimum Gasteiger partial charge on any atom is -0.498 e. The second kappa shape index (κ2) is 7.33. The molecule has 1 saturated heterocycles. The Morgan fingerprint density at radius 3 is 2.75 bits per heavy atom. The van der Waals surface area contributed by atoms with Gasteiger partial charge in [0.25, 0.3) is 0 Å². The van der Waals surface area contributed by atoms with E-state index in [0.29, 0.717) is 17.8 Å². The first kappa shape index (κ1) is 19.7. The van der Waals surface area contributed by atoms with E-state index in [1.54, 1.807) is 23.3 Å². The third-order valence-corrected chi connectivity index (χ3v) is 6.72. The first-order chi connectivity index (χ1) is 13.3. The fourth-order valence-electron chi connectivity index (χ4n) is 4.82. The number of hydrogen-bond acceptors (Lipinski definition) is 2. The van der Waals surface area contributed by atoms with Gasteiger partial charge in [0.05, 0.1) is 12.4 Å². The predicted octanol–water partition coefficient (Wildman–Crippen LogP) is 5.90. The number of likely N-dealkylation sites (tertiary alicyclic amines) is 1. The van der Waals surface area contributed by atoms with E-state index in [0.717, 1.165) is 25.5 Å². The van der Waals surface area contributed by atoms with Gasteiger partial charge in [0.1, 0.15) is 5.82 Å². The summed E-state index contributed by atoms with van der Waals surface area (Å²) in [6, 6.07) is 5.30. The SMILES string of the molecule is C=C(OCC1CCCN(CC2=C(C3c4ccc(F)cc43)C2CC)C1)C(C)(C)C. The van der Waals surface area contributed by atoms with Crippen LogP contribution in [0.5, 0.6) is 0 Å². The van der Waals surface area contributed by atoms with Crippen LogP contribution in [-0.4, -0.2) is 31.1 Å². The molecule has 152 valence electrons. The lowest BCUT2D eigenvalue weighted by Gasteiger charge is -2.33. The Balaban J connectivity index is 1.34. The molecule has 1 aromatic rings. The van der Waals surface area contributed by atoms with E-state index in [1.807, 2.05) is 6.07 Å². The maximum absolute atomic E-state index is 13.5. The summed E-state index contributed by atoms with van der Waals surface area (Å²) in [5, 5.41) is 0. The summed E-state index contributed by atoms with van der Waals surface area (Å²) in [5.74, 6) is 2.43. The molecule has 0 amide bonds. The fourth-order valence-corrected chi connectivity index (χ4v) is 4.82. The number of fused-ring (bicyclic) bond motifs is 1. The second-order valence-corrected chi connectivity index (χ2v) is 9.88. The van der Waals surface area contributed by atoms with Crippen molar-refractivity contribution >= 4 is 0 Å². The zero-order valence-corrected chi connectivity index (χ0v) is 17.9. The molecule has 3 atom stereocenters. The van der Waals surface area contributed by atoms with E-state index in [4.69, 9.17) is 4.74 Å². The van der Waals surface area contributed by atoms with Crippen molar-refractivity contribution in [1.29, 1.82) is 0 Å². The van der Waals surface area contributed by atoms with Crippen molar-refractivity contribution in [3.63, 3.8) is 0 Å². The van der Waals surface area contributed by atoms with Crippen molar-refractivity contribution in [1.82, 2.24) is 4.90 Å². The molecule has 2 aliphatic carbocycles. The molecule has 2 nitrogen and oxygen atoms in total. The zero-order valence-electron chi connectivity index (χ0n) is 17.9. The summed E-state index contributed by atoms with van der Waals surface area (Å²) >= 11 is 0. The molecule has 3 heteroatoms. The van der Waals surface area contributed by atoms with Crippen molar-refractivity contribution in [2.75, 3.05) is 26.2 Å². The minimum atomic E-state index is -0.104. The summed E-state index contributed by atoms with van der Waals surface area (Å²) in [4.78, 5) is 2.61. The van der Waals surface area contributed by atoms with Crippen molar-refractivity contribution in [3.05, 3.63) is 58.6 Å². The van der Waals surface area contributed by atoms with Gasteiger partial charge in [-0.05, 0) is 60.2 Å². The lowest BCUT2D eigenvalue weighted by molar-refractivity contribution is 0.0794. The Kier molecular flexibility index (Phi) is 5.16. The van der Waals surface area contributed by atoms with E-state index >= 15 is 0 Å². The summed E-state index contributed by atoms with van der Waals surface area (Å²) in [6.07, 6.45) is 3.65. The number of halogens is 1. The van der Waals surface area contributed by atoms with Gasteiger partial charge in [0, 0.05) is 36.3 Å². The van der Waals surface area contributed by atoms with Gasteiger partial charge in [-0.25, -0.2) is 4.39 Å². The van der Waals surface area contributed by atoms with Gasteiger partial charge in [-0.1, -0.05) is 40.3 Å². The van der Waals surface area contributed by atoms with Gasteiger partial charge < -0.3 is 4.74 Å². The van der Waals surface area contributed by atoms with Crippen LogP contribution in [0, 0.1) is 23.1 Å². The van der Waals surface area contributed by atoms with Crippen molar-refractivity contribution in [2.24, 2.45) is 17.3 Å². The lowest BCUT2D eigenvalue weighted by Crippen LogP contribution is -2.38. The van der Waals surface area contributed by atoms with Crippen LogP contribution in [0.1, 0.15) is 64.0 Å². The van der Waals surface area contributed by atoms with E-state index in [1.165, 1.54) is 36.9 Å². The number of allylic oxidation sites excluding steroid dienone is 2. The molecular formula is C25H34FNO. The Bertz CT molecular complexity index is 803. The van der Waals surface area contributed by atoms with Crippen LogP contribution in [0.3, 0.4) is 0 Å². The van der Waals surface area contributed by atoms with E-state index in [-0.39, 0.29) is 11.2 Å². The van der Waals surface area contributed by atoms with Crippen LogP contribution < -0.4 is 0 Å². The number of hydrogen-bond donors (Lipinski definition) is 0. The van der Waals surface area contributed by atoms with Crippen LogP contribution in [0.2, 0.25) is 0 Å². The van der Waals surface area contributed by atoms with Crippen molar-refractivity contribution < 1.29 is 9.13 Å². The highest BCUT2D eigenvalue weighted by atomic mass is 19.1. The molecule has 1 heterocycles. The average Bonchev–Trinajstić information content (AvgIpc) is 3.52. The standard InChI is InChI=1S/C25H34FNO/c1-6-19-22(23(19)24-20-10-9-18(26)12-21(20)24)14-27-11-7-8-17(13-27)15-28-16(2)25(3,4)5/h9-10,12,17,19,24H,2,6-8,11,13-15H2,1,3-5H3. The van der Waals surface area contributed by atoms with Crippen LogP contribution >= 0.6 is 0 Å². The number of ether oxygens (including phenoxy) is 1. The Labute approximate surface area is 169 Å². The largest absolute Gasteiger partial charge is 0.498 e. The average molecular weight is 384 g/mol. The van der Waals surface area contributed by atoms with Crippen LogP contribution in [0.4, 0.5) is 4.39 Å². The molecule has 4 rings (SSSR count). The normalized spacial score (nSPS) is 26.8. The molecule has 3 aliphatic rings. The van der Waals surface area contributed by atoms with Crippen molar-refractivity contribution in [3.8, 4) is 0 Å². The third kappa shape index (κ3) is 3.91. The molecular weight excluding hydrogens is 349 g/mol. The molecule has 28 heavy (non-hydrogen) atoms. The quantitative estimate of drug-likeness (QED) is 0.430. The molecule has 0 bridgehead atoms. The summed E-state index contributed by atoms with van der Waals surface area (Å²) in [7, 11) is 0. The van der Waals surface area contributed by atoms with Gasteiger partial charge in [-0.15, -0.1) is 0 Å². The molecule has 1 aliphatic heterocycles. The maximum atomic E-state index is 13.5. The Morgan fingerprint density at radius 2 is 2.07 bits per heavy atom. The zero-order chi connectivity index (χ0) is 20.1. The Hall–Kier alpha value is -1.61. The maximum Gasteiger partial charge on any atom is 0.123 e. The van der Waals surface area contributed by atoms with Crippen LogP contribution in [-0.2, 0) is 4.74 Å². The predicted molar refractivity (Wildman–Crippen MR) is 113 cm³/mol. The first-order valence-corrected chi connectivity index (χ1v) is 10.9. The van der Waals surface area contributed by atoms with E-state index in [9.17, 15) is 4.39 Å². The monoisotopic (exact) mass is 383 g/mol. The first-order valence-electron chi connectivity index (χ1n) is 10.9. The molecule has 0 radical (unpaired) electrons. The molecule has 0 N–H and O–H groups in total. The molecule has 0 spiro atoms. The topological polar surface area (TPSA) is 12.5 Å². The van der Waals surface area contributed by atoms with Crippen molar-refractivity contribution in [2.45, 2.75) is 52.9 Å². The van der Waals surface area contributed by atoms with E-state index < -0.39 is 0 Å². The fraction of sp³-hybridized carbons (Fsp3) is 0.600. The molecule has 1 fully saturated rings.